The molecule has 1 aromatic carbocycles. The Kier molecular flexibility index (Phi) is 4.61. The zero-order valence-corrected chi connectivity index (χ0v) is 11.7. The van der Waals surface area contributed by atoms with Crippen molar-refractivity contribution in [2.45, 2.75) is 33.1 Å². The second-order valence-corrected chi connectivity index (χ2v) is 5.43. The minimum absolute atomic E-state index is 0.0210. The van der Waals surface area contributed by atoms with Crippen molar-refractivity contribution in [1.29, 1.82) is 0 Å². The molecule has 1 aromatic heterocycles. The van der Waals surface area contributed by atoms with E-state index in [1.54, 1.807) is 0 Å². The van der Waals surface area contributed by atoms with Crippen LogP contribution in [0.15, 0.2) is 30.5 Å². The summed E-state index contributed by atoms with van der Waals surface area (Å²) in [6.45, 7) is 5.21. The molecule has 0 fully saturated rings. The maximum Gasteiger partial charge on any atom is 0.251 e. The fourth-order valence-corrected chi connectivity index (χ4v) is 2.18. The third-order valence-corrected chi connectivity index (χ3v) is 3.31. The zero-order valence-electron chi connectivity index (χ0n) is 11.7. The Labute approximate surface area is 114 Å². The van der Waals surface area contributed by atoms with Crippen LogP contribution in [0.5, 0.6) is 0 Å². The van der Waals surface area contributed by atoms with Gasteiger partial charge < -0.3 is 10.3 Å². The number of carbonyl (C=O) groups excluding carboxylic acids is 1. The third kappa shape index (κ3) is 3.85. The van der Waals surface area contributed by atoms with Gasteiger partial charge in [0, 0.05) is 29.2 Å². The molecule has 2 N–H and O–H groups in total. The summed E-state index contributed by atoms with van der Waals surface area (Å²) in [5.74, 6) is 0.763. The number of carbonyl (C=O) groups is 1. The van der Waals surface area contributed by atoms with Crippen LogP contribution in [0.3, 0.4) is 0 Å². The van der Waals surface area contributed by atoms with E-state index in [0.29, 0.717) is 0 Å². The maximum atomic E-state index is 12.0. The number of aromatic nitrogens is 1. The van der Waals surface area contributed by atoms with Gasteiger partial charge in [-0.3, -0.25) is 4.79 Å². The molecule has 3 nitrogen and oxygen atoms in total. The SMILES string of the molecule is CC(C)CCCCNC(=O)c1ccc2[nH]ccc2c1. The number of hydrogen-bond acceptors (Lipinski definition) is 1. The van der Waals surface area contributed by atoms with E-state index in [1.807, 2.05) is 30.5 Å². The summed E-state index contributed by atoms with van der Waals surface area (Å²) in [4.78, 5) is 15.1. The molecule has 0 saturated carbocycles. The lowest BCUT2D eigenvalue weighted by Crippen LogP contribution is -2.24. The molecule has 1 heterocycles. The van der Waals surface area contributed by atoms with Crippen molar-refractivity contribution in [3.63, 3.8) is 0 Å². The van der Waals surface area contributed by atoms with Crippen molar-refractivity contribution < 1.29 is 4.79 Å². The van der Waals surface area contributed by atoms with Crippen LogP contribution in [0, 0.1) is 5.92 Å². The monoisotopic (exact) mass is 258 g/mol. The summed E-state index contributed by atoms with van der Waals surface area (Å²) >= 11 is 0. The number of aromatic amines is 1. The molecule has 0 radical (unpaired) electrons. The summed E-state index contributed by atoms with van der Waals surface area (Å²) in [6, 6.07) is 7.72. The van der Waals surface area contributed by atoms with Gasteiger partial charge in [0.2, 0.25) is 0 Å². The molecule has 2 rings (SSSR count). The second kappa shape index (κ2) is 6.41. The number of H-pyrrole nitrogens is 1. The molecule has 0 spiro atoms. The number of amides is 1. The van der Waals surface area contributed by atoms with Gasteiger partial charge in [0.25, 0.3) is 5.91 Å². The highest BCUT2D eigenvalue weighted by atomic mass is 16.1. The predicted molar refractivity (Wildman–Crippen MR) is 79.3 cm³/mol. The van der Waals surface area contributed by atoms with Crippen LogP contribution >= 0.6 is 0 Å². The fourth-order valence-electron chi connectivity index (χ4n) is 2.18. The lowest BCUT2D eigenvalue weighted by atomic mass is 10.1. The third-order valence-electron chi connectivity index (χ3n) is 3.31. The lowest BCUT2D eigenvalue weighted by molar-refractivity contribution is 0.0953. The van der Waals surface area contributed by atoms with Crippen LogP contribution < -0.4 is 5.32 Å². The van der Waals surface area contributed by atoms with E-state index in [4.69, 9.17) is 0 Å². The lowest BCUT2D eigenvalue weighted by Gasteiger charge is -2.06. The first kappa shape index (κ1) is 13.7. The molecule has 0 saturated heterocycles. The topological polar surface area (TPSA) is 44.9 Å². The molecule has 0 aliphatic rings. The summed E-state index contributed by atoms with van der Waals surface area (Å²) in [7, 11) is 0. The second-order valence-electron chi connectivity index (χ2n) is 5.43. The zero-order chi connectivity index (χ0) is 13.7. The average molecular weight is 258 g/mol. The quantitative estimate of drug-likeness (QED) is 0.762. The smallest absolute Gasteiger partial charge is 0.251 e. The van der Waals surface area contributed by atoms with E-state index in [9.17, 15) is 4.79 Å². The Morgan fingerprint density at radius 3 is 2.89 bits per heavy atom. The van der Waals surface area contributed by atoms with Crippen molar-refractivity contribution >= 4 is 16.8 Å². The maximum absolute atomic E-state index is 12.0. The summed E-state index contributed by atoms with van der Waals surface area (Å²) in [6.07, 6.45) is 5.34. The number of rotatable bonds is 6. The molecule has 102 valence electrons. The summed E-state index contributed by atoms with van der Waals surface area (Å²) in [5.41, 5.74) is 1.80. The Balaban J connectivity index is 1.82. The molecular formula is C16H22N2O. The number of benzene rings is 1. The van der Waals surface area contributed by atoms with E-state index < -0.39 is 0 Å². The van der Waals surface area contributed by atoms with E-state index in [0.717, 1.165) is 35.3 Å². The van der Waals surface area contributed by atoms with Gasteiger partial charge in [0.15, 0.2) is 0 Å². The van der Waals surface area contributed by atoms with Gasteiger partial charge in [-0.1, -0.05) is 26.7 Å². The van der Waals surface area contributed by atoms with E-state index in [2.05, 4.69) is 24.1 Å². The summed E-state index contributed by atoms with van der Waals surface area (Å²) in [5, 5.41) is 4.06. The van der Waals surface area contributed by atoms with Crippen LogP contribution in [-0.4, -0.2) is 17.4 Å². The molecule has 0 aliphatic carbocycles. The molecule has 0 unspecified atom stereocenters. The van der Waals surface area contributed by atoms with Gasteiger partial charge in [-0.25, -0.2) is 0 Å². The molecule has 0 bridgehead atoms. The first-order valence-electron chi connectivity index (χ1n) is 7.02. The minimum Gasteiger partial charge on any atom is -0.361 e. The van der Waals surface area contributed by atoms with E-state index in [1.165, 1.54) is 12.8 Å². The minimum atomic E-state index is 0.0210. The first-order valence-corrected chi connectivity index (χ1v) is 7.02. The number of fused-ring (bicyclic) bond motifs is 1. The molecule has 3 heteroatoms. The molecule has 2 aromatic rings. The van der Waals surface area contributed by atoms with E-state index >= 15 is 0 Å². The highest BCUT2D eigenvalue weighted by molar-refractivity contribution is 5.98. The van der Waals surface area contributed by atoms with Crippen molar-refractivity contribution in [2.24, 2.45) is 5.92 Å². The van der Waals surface area contributed by atoms with Gasteiger partial charge in [0.1, 0.15) is 0 Å². The molecular weight excluding hydrogens is 236 g/mol. The van der Waals surface area contributed by atoms with Gasteiger partial charge in [-0.15, -0.1) is 0 Å². The Hall–Kier alpha value is -1.77. The summed E-state index contributed by atoms with van der Waals surface area (Å²) < 4.78 is 0. The van der Waals surface area contributed by atoms with Gasteiger partial charge >= 0.3 is 0 Å². The van der Waals surface area contributed by atoms with Crippen molar-refractivity contribution in [2.75, 3.05) is 6.54 Å². The molecule has 0 atom stereocenters. The van der Waals surface area contributed by atoms with Crippen LogP contribution in [0.25, 0.3) is 10.9 Å². The van der Waals surface area contributed by atoms with Crippen LogP contribution in [-0.2, 0) is 0 Å². The van der Waals surface area contributed by atoms with Crippen molar-refractivity contribution in [3.05, 3.63) is 36.0 Å². The standard InChI is InChI=1S/C16H22N2O/c1-12(2)5-3-4-9-18-16(19)14-6-7-15-13(11-14)8-10-17-15/h6-8,10-12,17H,3-5,9H2,1-2H3,(H,18,19). The number of hydrogen-bond donors (Lipinski definition) is 2. The van der Waals surface area contributed by atoms with Crippen LogP contribution in [0.2, 0.25) is 0 Å². The Bertz CT molecular complexity index is 542. The highest BCUT2D eigenvalue weighted by Gasteiger charge is 2.06. The average Bonchev–Trinajstić information content (AvgIpc) is 2.84. The fraction of sp³-hybridized carbons (Fsp3) is 0.438. The Morgan fingerprint density at radius 1 is 1.26 bits per heavy atom. The normalized spacial score (nSPS) is 11.1. The molecule has 1 amide bonds. The first-order chi connectivity index (χ1) is 9.16. The predicted octanol–water partition coefficient (Wildman–Crippen LogP) is 3.72. The van der Waals surface area contributed by atoms with Crippen LogP contribution in [0.1, 0.15) is 43.5 Å². The Morgan fingerprint density at radius 2 is 2.11 bits per heavy atom. The van der Waals surface area contributed by atoms with Crippen molar-refractivity contribution in [1.82, 2.24) is 10.3 Å². The highest BCUT2D eigenvalue weighted by Crippen LogP contribution is 2.14. The van der Waals surface area contributed by atoms with Crippen molar-refractivity contribution in [3.8, 4) is 0 Å². The van der Waals surface area contributed by atoms with Crippen LogP contribution in [0.4, 0.5) is 0 Å². The van der Waals surface area contributed by atoms with Gasteiger partial charge in [-0.2, -0.15) is 0 Å². The molecule has 0 aliphatic heterocycles. The van der Waals surface area contributed by atoms with E-state index in [-0.39, 0.29) is 5.91 Å². The number of unbranched alkanes of at least 4 members (excludes halogenated alkanes) is 1. The largest absolute Gasteiger partial charge is 0.361 e. The number of nitrogens with one attached hydrogen (secondary N) is 2. The molecule has 19 heavy (non-hydrogen) atoms. The van der Waals surface area contributed by atoms with Gasteiger partial charge in [-0.05, 0) is 36.6 Å². The van der Waals surface area contributed by atoms with Gasteiger partial charge in [0.05, 0.1) is 0 Å².